The predicted molar refractivity (Wildman–Crippen MR) is 225 cm³/mol. The summed E-state index contributed by atoms with van der Waals surface area (Å²) in [6.45, 7) is 0.970. The zero-order valence-electron chi connectivity index (χ0n) is 35.1. The maximum Gasteiger partial charge on any atom is 0.224 e. The first-order chi connectivity index (χ1) is 31.0. The molecule has 360 valence electrons. The molecule has 4 fully saturated rings. The Morgan fingerprint density at radius 3 is 2.06 bits per heavy atom. The molecule has 19 atom stereocenters. The zero-order chi connectivity index (χ0) is 46.9. The van der Waals surface area contributed by atoms with Crippen molar-refractivity contribution < 1.29 is 68.6 Å². The summed E-state index contributed by atoms with van der Waals surface area (Å²) in [6.07, 6.45) is -19.8. The summed E-state index contributed by atoms with van der Waals surface area (Å²) in [6, 6.07) is 2.54. The first-order valence-electron chi connectivity index (χ1n) is 21.0. The van der Waals surface area contributed by atoms with E-state index in [1.165, 1.54) is 29.1 Å². The van der Waals surface area contributed by atoms with Crippen LogP contribution in [0.1, 0.15) is 31.7 Å². The maximum atomic E-state index is 13.1. The second-order valence-electron chi connectivity index (χ2n) is 16.5. The third-order valence-corrected chi connectivity index (χ3v) is 12.6. The van der Waals surface area contributed by atoms with Crippen LogP contribution < -0.4 is 45.0 Å². The van der Waals surface area contributed by atoms with Gasteiger partial charge in [-0.25, -0.2) is 9.67 Å². The van der Waals surface area contributed by atoms with E-state index in [0.29, 0.717) is 22.2 Å². The molecule has 2 aromatic heterocycles. The summed E-state index contributed by atoms with van der Waals surface area (Å²) in [5.41, 5.74) is 38.2. The topological polar surface area (TPSA) is 435 Å². The molecule has 20 N–H and O–H groups in total. The second-order valence-corrected chi connectivity index (χ2v) is 17.3. The van der Waals surface area contributed by atoms with Gasteiger partial charge in [0.05, 0.1) is 30.1 Å². The number of amides is 2. The minimum absolute atomic E-state index is 0.0318. The lowest BCUT2D eigenvalue weighted by atomic mass is 9.84. The van der Waals surface area contributed by atoms with Gasteiger partial charge in [-0.05, 0) is 18.6 Å². The fourth-order valence-electron chi connectivity index (χ4n) is 8.09. The highest BCUT2D eigenvalue weighted by Gasteiger charge is 2.55. The minimum Gasteiger partial charge on any atom is -0.389 e. The summed E-state index contributed by atoms with van der Waals surface area (Å²) < 4.78 is 37.6. The number of rotatable bonds is 15. The number of aliphatic hydroxyl groups is 6. The Kier molecular flexibility index (Phi) is 15.9. The first-order valence-corrected chi connectivity index (χ1v) is 21.8. The van der Waals surface area contributed by atoms with Crippen molar-refractivity contribution in [1.82, 2.24) is 20.0 Å². The molecule has 26 nitrogen and oxygen atoms in total. The molecule has 27 heteroatoms. The van der Waals surface area contributed by atoms with Gasteiger partial charge in [0.15, 0.2) is 25.1 Å². The van der Waals surface area contributed by atoms with Gasteiger partial charge in [-0.3, -0.25) is 9.59 Å². The summed E-state index contributed by atoms with van der Waals surface area (Å²) in [4.78, 5) is 29.0. The smallest absolute Gasteiger partial charge is 0.224 e. The Balaban J connectivity index is 1.07. The zero-order valence-corrected chi connectivity index (χ0v) is 35.9. The number of hydrogen-bond acceptors (Lipinski definition) is 24. The van der Waals surface area contributed by atoms with Gasteiger partial charge < -0.3 is 104 Å². The fraction of sp³-hybridized carbons (Fsp3) is 0.658. The van der Waals surface area contributed by atoms with E-state index in [-0.39, 0.29) is 44.2 Å². The molecular formula is C38H58N12O14S. The molecule has 65 heavy (non-hydrogen) atoms. The quantitative estimate of drug-likeness (QED) is 0.0675. The summed E-state index contributed by atoms with van der Waals surface area (Å²) >= 11 is 1.33. The van der Waals surface area contributed by atoms with Gasteiger partial charge in [0.1, 0.15) is 71.9 Å². The van der Waals surface area contributed by atoms with Crippen LogP contribution in [0.4, 0.5) is 11.5 Å². The predicted octanol–water partition coefficient (Wildman–Crippen LogP) is -5.81. The van der Waals surface area contributed by atoms with Crippen molar-refractivity contribution in [2.45, 2.75) is 143 Å². The lowest BCUT2D eigenvalue weighted by Crippen LogP contribution is -2.68. The minimum atomic E-state index is -1.74. The number of ether oxygens (including phenoxy) is 6. The largest absolute Gasteiger partial charge is 0.389 e. The molecule has 5 heterocycles. The molecule has 3 aliphatic heterocycles. The number of aliphatic hydroxyl groups excluding tert-OH is 6. The number of nitrogens with one attached hydrogen (secondary N) is 2. The standard InChI is InChI=1S/C38H58N12O14S/c1-13(51)45-21-12-65-34(47-21)14-3-2-4-15(7-14)46-22(52)6-5-16-11-50(49-48-16)35-33(63-37-24(44)29(57)27(55)20(10-40)60-37)30(58)38(64-35)62-32-25(53)17(41)8-18(42)31(32)61-36-23(43)28(56)26(54)19(9-39)59-36/h2-4,7,11-12,17-20,23-33,35-38,53-58H,5-6,8-10,39-44H2,1H3,(H,45,51)(H,46,52)/t17-,18+,19-,20+,23-,24-,25+,26-,27-,28-,29-,30-,31-,32-,33+,35+,36-,37-,38-/m1/s1. The van der Waals surface area contributed by atoms with E-state index in [9.17, 15) is 40.2 Å². The molecule has 1 aliphatic carbocycles. The van der Waals surface area contributed by atoms with Crippen molar-refractivity contribution in [3.63, 3.8) is 0 Å². The average molecular weight is 939 g/mol. The van der Waals surface area contributed by atoms with Gasteiger partial charge >= 0.3 is 0 Å². The normalized spacial score (nSPS) is 38.7. The number of thiazole rings is 1. The van der Waals surface area contributed by atoms with Gasteiger partial charge in [0.25, 0.3) is 0 Å². The van der Waals surface area contributed by atoms with E-state index in [1.807, 2.05) is 6.07 Å². The van der Waals surface area contributed by atoms with E-state index in [2.05, 4.69) is 25.9 Å². The lowest BCUT2D eigenvalue weighted by Gasteiger charge is -2.47. The van der Waals surface area contributed by atoms with Crippen molar-refractivity contribution >= 4 is 34.7 Å². The molecule has 0 radical (unpaired) electrons. The Morgan fingerprint density at radius 1 is 0.800 bits per heavy atom. The first kappa shape index (κ1) is 49.1. The third-order valence-electron chi connectivity index (χ3n) is 11.7. The molecular weight excluding hydrogens is 881 g/mol. The summed E-state index contributed by atoms with van der Waals surface area (Å²) in [5, 5.41) is 81.7. The van der Waals surface area contributed by atoms with Gasteiger partial charge in [0.2, 0.25) is 11.8 Å². The van der Waals surface area contributed by atoms with E-state index >= 15 is 0 Å². The van der Waals surface area contributed by atoms with Crippen LogP contribution in [-0.2, 0) is 44.4 Å². The molecule has 3 saturated heterocycles. The number of carbonyl (C=O) groups is 2. The SMILES string of the molecule is CC(=O)Nc1csc(-c2cccc(NC(=O)CCc3cn([C@H]4O[C@@H](O[C@@H]5[C@@H](O)[C@H](N)C[C@H](N)[C@H]5O[C@H]5O[C@H](CN)[C@@H](O)[C@H](O)[C@H]5N)[C@H](O)[C@@H]4O[C@H]4O[C@@H](CN)[C@@H](O)[C@H](O)[C@H]4N)nn3)c2)n1. The highest BCUT2D eigenvalue weighted by Crippen LogP contribution is 2.38. The van der Waals surface area contributed by atoms with Crippen LogP contribution in [0.15, 0.2) is 35.8 Å². The lowest BCUT2D eigenvalue weighted by molar-refractivity contribution is -0.307. The molecule has 1 aromatic carbocycles. The number of anilines is 2. The van der Waals surface area contributed by atoms with E-state index in [1.54, 1.807) is 23.6 Å². The molecule has 2 amide bonds. The number of carbonyl (C=O) groups excluding carboxylic acids is 2. The van der Waals surface area contributed by atoms with Crippen molar-refractivity contribution in [1.29, 1.82) is 0 Å². The van der Waals surface area contributed by atoms with Gasteiger partial charge in [-0.1, -0.05) is 17.3 Å². The molecule has 1 saturated carbocycles. The van der Waals surface area contributed by atoms with Crippen molar-refractivity contribution in [2.24, 2.45) is 34.4 Å². The molecule has 0 spiro atoms. The highest BCUT2D eigenvalue weighted by molar-refractivity contribution is 7.13. The number of nitrogens with zero attached hydrogens (tertiary/aromatic N) is 4. The van der Waals surface area contributed by atoms with Crippen LogP contribution in [0.3, 0.4) is 0 Å². The van der Waals surface area contributed by atoms with Gasteiger partial charge in [0, 0.05) is 61.6 Å². The summed E-state index contributed by atoms with van der Waals surface area (Å²) in [7, 11) is 0. The van der Waals surface area contributed by atoms with Crippen LogP contribution in [0.2, 0.25) is 0 Å². The van der Waals surface area contributed by atoms with Crippen molar-refractivity contribution in [3.8, 4) is 10.6 Å². The average Bonchev–Trinajstić information content (AvgIpc) is 4.02. The number of aryl methyl sites for hydroxylation is 1. The Bertz CT molecular complexity index is 2070. The Hall–Kier alpha value is -3.79. The van der Waals surface area contributed by atoms with Crippen molar-refractivity contribution in [2.75, 3.05) is 23.7 Å². The number of benzene rings is 1. The van der Waals surface area contributed by atoms with Crippen LogP contribution in [0.5, 0.6) is 0 Å². The summed E-state index contributed by atoms with van der Waals surface area (Å²) in [5.74, 6) is -0.179. The van der Waals surface area contributed by atoms with Crippen molar-refractivity contribution in [3.05, 3.63) is 41.5 Å². The highest BCUT2D eigenvalue weighted by atomic mass is 32.1. The molecule has 0 unspecified atom stereocenters. The third kappa shape index (κ3) is 10.8. The van der Waals surface area contributed by atoms with Crippen LogP contribution in [0.25, 0.3) is 10.6 Å². The van der Waals surface area contributed by atoms with Crippen LogP contribution >= 0.6 is 11.3 Å². The monoisotopic (exact) mass is 938 g/mol. The van der Waals surface area contributed by atoms with E-state index in [0.717, 1.165) is 5.56 Å². The Labute approximate surface area is 375 Å². The van der Waals surface area contributed by atoms with E-state index < -0.39 is 116 Å². The number of nitrogens with two attached hydrogens (primary N) is 6. The molecule has 3 aromatic rings. The fourth-order valence-corrected chi connectivity index (χ4v) is 8.84. The number of aromatic nitrogens is 4. The molecule has 0 bridgehead atoms. The Morgan fingerprint density at radius 2 is 1.43 bits per heavy atom. The molecule has 4 aliphatic rings. The molecule has 7 rings (SSSR count). The van der Waals surface area contributed by atoms with Gasteiger partial charge in [-0.15, -0.1) is 16.4 Å². The maximum absolute atomic E-state index is 13.1. The van der Waals surface area contributed by atoms with Crippen LogP contribution in [0, 0.1) is 0 Å². The van der Waals surface area contributed by atoms with Gasteiger partial charge in [-0.2, -0.15) is 0 Å². The number of hydrogen-bond donors (Lipinski definition) is 14. The van der Waals surface area contributed by atoms with E-state index in [4.69, 9.17) is 62.8 Å². The van der Waals surface area contributed by atoms with Crippen LogP contribution in [-0.4, -0.2) is 186 Å². The second kappa shape index (κ2) is 21.0.